The van der Waals surface area contributed by atoms with Crippen LogP contribution in [0.2, 0.25) is 0 Å². The molecule has 82 heavy (non-hydrogen) atoms. The predicted octanol–water partition coefficient (Wildman–Crippen LogP) is 7.17. The number of methoxy groups -OCH3 is 1. The Morgan fingerprint density at radius 2 is 1.72 bits per heavy atom. The van der Waals surface area contributed by atoms with Gasteiger partial charge in [-0.05, 0) is 156 Å². The minimum Gasteiger partial charge on any atom is -0.468 e. The number of imidazole rings is 1. The highest BCUT2D eigenvalue weighted by atomic mass is 19.1. The maximum atomic E-state index is 17.5. The highest BCUT2D eigenvalue weighted by molar-refractivity contribution is 6.03. The van der Waals surface area contributed by atoms with E-state index in [0.29, 0.717) is 84.0 Å². The monoisotopic (exact) mass is 1120 g/mol. The van der Waals surface area contributed by atoms with Crippen LogP contribution in [0.5, 0.6) is 11.8 Å². The van der Waals surface area contributed by atoms with Crippen molar-refractivity contribution in [2.24, 2.45) is 13.0 Å². The quantitative estimate of drug-likeness (QED) is 0.0632. The first-order chi connectivity index (χ1) is 39.6. The molecular weight excluding hydrogens is 1050 g/mol. The Bertz CT molecular complexity index is 3590. The van der Waals surface area contributed by atoms with Gasteiger partial charge in [-0.15, -0.1) is 6.42 Å². The summed E-state index contributed by atoms with van der Waals surface area (Å²) in [4.78, 5) is 74.5. The van der Waals surface area contributed by atoms with E-state index < -0.39 is 29.2 Å². The molecule has 0 spiro atoms. The van der Waals surface area contributed by atoms with Gasteiger partial charge in [0.25, 0.3) is 0 Å². The molecule has 21 heteroatoms. The molecule has 0 radical (unpaired) electrons. The number of benzene rings is 3. The van der Waals surface area contributed by atoms with Crippen molar-refractivity contribution in [2.45, 2.75) is 113 Å². The zero-order chi connectivity index (χ0) is 57.0. The van der Waals surface area contributed by atoms with Gasteiger partial charge in [-0.3, -0.25) is 33.9 Å². The van der Waals surface area contributed by atoms with E-state index in [-0.39, 0.29) is 90.6 Å². The fourth-order valence-corrected chi connectivity index (χ4v) is 14.1. The number of β-amino-alcohol motifs (C(OH)–C–C–N with tert-alkyl or cyclic N) is 1. The number of hydrogen-bond acceptors (Lipinski definition) is 15. The summed E-state index contributed by atoms with van der Waals surface area (Å²) in [6, 6.07) is 11.1. The van der Waals surface area contributed by atoms with Gasteiger partial charge in [-0.1, -0.05) is 12.0 Å². The topological polar surface area (TPSA) is 199 Å². The number of aryl methyl sites for hydroxylation is 1. The van der Waals surface area contributed by atoms with Gasteiger partial charge in [0.05, 0.1) is 27.6 Å². The highest BCUT2D eigenvalue weighted by Crippen LogP contribution is 2.44. The van der Waals surface area contributed by atoms with E-state index in [9.17, 15) is 28.7 Å². The number of aromatic nitrogens is 5. The van der Waals surface area contributed by atoms with Crippen molar-refractivity contribution < 1.29 is 47.2 Å². The lowest BCUT2D eigenvalue weighted by Gasteiger charge is -2.38. The Hall–Kier alpha value is -7.25. The molecule has 6 aliphatic rings. The molecule has 3 amide bonds. The second-order valence-electron chi connectivity index (χ2n) is 23.8. The molecule has 3 aromatic heterocycles. The first-order valence-corrected chi connectivity index (χ1v) is 28.9. The largest absolute Gasteiger partial charge is 0.468 e. The number of halogens is 2. The molecule has 2 N–H and O–H groups in total. The molecule has 6 fully saturated rings. The number of ether oxygens (including phenoxy) is 4. The minimum atomic E-state index is -1.02. The van der Waals surface area contributed by atoms with Gasteiger partial charge >= 0.3 is 17.8 Å². The number of aliphatic hydroxyl groups is 1. The number of terminal acetylenes is 1. The number of nitrogens with zero attached hydrogens (tertiary/aromatic N) is 9. The van der Waals surface area contributed by atoms with Gasteiger partial charge in [-0.2, -0.15) is 9.97 Å². The van der Waals surface area contributed by atoms with Crippen LogP contribution in [-0.2, 0) is 26.1 Å². The molecule has 432 valence electrons. The number of hydrogen-bond donors (Lipinski definition) is 2. The lowest BCUT2D eigenvalue weighted by Crippen LogP contribution is -2.49. The lowest BCUT2D eigenvalue weighted by atomic mass is 9.88. The molecule has 0 aliphatic carbocycles. The van der Waals surface area contributed by atoms with Gasteiger partial charge in [0.1, 0.15) is 47.9 Å². The first kappa shape index (κ1) is 55.3. The number of likely N-dealkylation sites (tertiary alicyclic amines) is 2. The van der Waals surface area contributed by atoms with E-state index in [0.717, 1.165) is 83.1 Å². The van der Waals surface area contributed by atoms with Gasteiger partial charge in [0.2, 0.25) is 11.8 Å². The third kappa shape index (κ3) is 10.6. The Morgan fingerprint density at radius 3 is 2.49 bits per heavy atom. The molecule has 19 nitrogen and oxygen atoms in total. The number of carbonyl (C=O) groups excluding carboxylic acids is 3. The molecule has 0 bridgehead atoms. The average molecular weight is 1130 g/mol. The van der Waals surface area contributed by atoms with E-state index in [1.165, 1.54) is 35.6 Å². The molecular formula is C61H70F2N10O9. The number of carbonyl (C=O) groups is 3. The summed E-state index contributed by atoms with van der Waals surface area (Å²) in [6.45, 7) is 7.96. The zero-order valence-electron chi connectivity index (χ0n) is 46.8. The maximum absolute atomic E-state index is 17.5. The molecule has 12 rings (SSSR count). The molecule has 0 saturated carbocycles. The van der Waals surface area contributed by atoms with Crippen molar-refractivity contribution in [3.05, 3.63) is 81.9 Å². The van der Waals surface area contributed by atoms with Crippen molar-refractivity contribution in [1.29, 1.82) is 0 Å². The predicted molar refractivity (Wildman–Crippen MR) is 303 cm³/mol. The second-order valence-corrected chi connectivity index (χ2v) is 23.8. The van der Waals surface area contributed by atoms with Crippen LogP contribution >= 0.6 is 0 Å². The van der Waals surface area contributed by atoms with Crippen LogP contribution in [0.25, 0.3) is 44.0 Å². The van der Waals surface area contributed by atoms with Crippen LogP contribution < -0.4 is 25.4 Å². The van der Waals surface area contributed by atoms with E-state index >= 15 is 4.39 Å². The number of pyridine rings is 1. The minimum absolute atomic E-state index is 0.00202. The number of piperidine rings is 4. The van der Waals surface area contributed by atoms with Gasteiger partial charge in [0.15, 0.2) is 12.6 Å². The van der Waals surface area contributed by atoms with Crippen molar-refractivity contribution in [2.75, 3.05) is 84.4 Å². The van der Waals surface area contributed by atoms with E-state index in [1.54, 1.807) is 30.7 Å². The summed E-state index contributed by atoms with van der Waals surface area (Å²) in [6.07, 6.45) is 16.1. The summed E-state index contributed by atoms with van der Waals surface area (Å²) in [7, 11) is 3.20. The third-order valence-electron chi connectivity index (χ3n) is 18.3. The summed E-state index contributed by atoms with van der Waals surface area (Å²) in [5, 5.41) is 14.7. The lowest BCUT2D eigenvalue weighted by molar-refractivity contribution is -0.135. The normalized spacial score (nSPS) is 24.1. The molecule has 6 saturated heterocycles. The summed E-state index contributed by atoms with van der Waals surface area (Å²) in [5.74, 6) is 1.98. The Balaban J connectivity index is 0.674. The van der Waals surface area contributed by atoms with Gasteiger partial charge in [-0.25, -0.2) is 18.4 Å². The third-order valence-corrected chi connectivity index (χ3v) is 18.3. The van der Waals surface area contributed by atoms with E-state index in [2.05, 4.69) is 38.2 Å². The SMILES string of the molecule is C#Cc1cc(F)cc2cc(OCOC)cc(-c3ncc4c(N5CCC[C@@](C)(O)C5)nc(OC[C@@]56CCCN5[C@H](COC(=O)N5CCC(CN7CCC(c8ccc9c(c8)n(C)c(=O)n9C8CCC(=O)NC8=O)CC7)CC5)CC6)nc4c3F)c12. The van der Waals surface area contributed by atoms with Crippen LogP contribution in [0.1, 0.15) is 107 Å². The number of anilines is 1. The first-order valence-electron chi connectivity index (χ1n) is 28.9. The number of nitrogens with one attached hydrogen (secondary N) is 1. The molecule has 9 heterocycles. The summed E-state index contributed by atoms with van der Waals surface area (Å²) >= 11 is 0. The molecule has 3 aromatic carbocycles. The molecule has 6 aliphatic heterocycles. The highest BCUT2D eigenvalue weighted by Gasteiger charge is 2.50. The fraction of sp³-hybridized carbons (Fsp3) is 0.525. The smallest absolute Gasteiger partial charge is 0.409 e. The van der Waals surface area contributed by atoms with Crippen LogP contribution in [0.3, 0.4) is 0 Å². The second kappa shape index (κ2) is 22.5. The molecule has 1 unspecified atom stereocenters. The Morgan fingerprint density at radius 1 is 0.915 bits per heavy atom. The number of imide groups is 1. The van der Waals surface area contributed by atoms with Gasteiger partial charge < -0.3 is 38.8 Å². The average Bonchev–Trinajstić information content (AvgIpc) is 4.18. The Labute approximate surface area is 473 Å². The fourth-order valence-electron chi connectivity index (χ4n) is 14.1. The maximum Gasteiger partial charge on any atom is 0.409 e. The van der Waals surface area contributed by atoms with Crippen LogP contribution in [-0.4, -0.2) is 158 Å². The zero-order valence-corrected chi connectivity index (χ0v) is 46.8. The van der Waals surface area contributed by atoms with Crippen molar-refractivity contribution >= 4 is 56.4 Å². The van der Waals surface area contributed by atoms with Crippen molar-refractivity contribution in [3.63, 3.8) is 0 Å². The van der Waals surface area contributed by atoms with Crippen LogP contribution in [0, 0.1) is 29.9 Å². The van der Waals surface area contributed by atoms with Gasteiger partial charge in [0, 0.05) is 82.1 Å². The molecule has 4 atom stereocenters. The van der Waals surface area contributed by atoms with Crippen molar-refractivity contribution in [1.82, 2.24) is 44.1 Å². The van der Waals surface area contributed by atoms with E-state index in [4.69, 9.17) is 35.3 Å². The van der Waals surface area contributed by atoms with Crippen LogP contribution in [0.4, 0.5) is 19.4 Å². The van der Waals surface area contributed by atoms with Crippen LogP contribution in [0.15, 0.2) is 53.5 Å². The van der Waals surface area contributed by atoms with E-state index in [1.807, 2.05) is 15.9 Å². The van der Waals surface area contributed by atoms with Crippen molar-refractivity contribution in [3.8, 4) is 35.4 Å². The number of fused-ring (bicyclic) bond motifs is 4. The standard InChI is InChI=1S/C61H70F2N10O9/c1-5-38-26-42(62)27-41-28-44(82-36-79-4)30-45(51(38)41)53-52(63)54-46(31-64-53)55(71-20-6-17-60(2,78)34-71)67-57(66-54)81-35-61-18-7-21-72(61)43(12-19-61)33-80-59(77)70-24-13-37(14-25-70)32-69-22-15-39(16-23-69)40-8-9-47-49(29-40)68(3)58(76)73(47)48-10-11-50(74)65-56(48)75/h1,8-9,26-31,37,39,43,48,78H,6-7,10-25,32-36H2,2-4H3,(H,65,74,75)/t43-,48?,60+,61-/m0/s1. The Kier molecular flexibility index (Phi) is 15.2. The molecule has 6 aromatic rings. The number of amides is 3. The summed E-state index contributed by atoms with van der Waals surface area (Å²) in [5.41, 5.74) is 1.38. The number of rotatable bonds is 14. The summed E-state index contributed by atoms with van der Waals surface area (Å²) < 4.78 is 59.1.